The summed E-state index contributed by atoms with van der Waals surface area (Å²) in [5.41, 5.74) is 0. The molecular formula is C5H10BNO3. The molecule has 5 heteroatoms. The summed E-state index contributed by atoms with van der Waals surface area (Å²) in [5, 5.41) is 14.6. The van der Waals surface area contributed by atoms with E-state index < -0.39 is 5.97 Å². The molecule has 0 bridgehead atoms. The van der Waals surface area contributed by atoms with E-state index in [4.69, 9.17) is 10.5 Å². The topological polar surface area (TPSA) is 70.4 Å². The summed E-state index contributed by atoms with van der Waals surface area (Å²) < 4.78 is 4.56. The molecule has 4 nitrogen and oxygen atoms in total. The highest BCUT2D eigenvalue weighted by atomic mass is 16.4. The van der Waals surface area contributed by atoms with Crippen LogP contribution in [0.1, 0.15) is 12.8 Å². The lowest BCUT2D eigenvalue weighted by atomic mass is 9.92. The molecule has 0 radical (unpaired) electrons. The lowest BCUT2D eigenvalue weighted by Gasteiger charge is -1.94. The van der Waals surface area contributed by atoms with E-state index in [0.717, 1.165) is 6.40 Å². The molecule has 0 aliphatic carbocycles. The molecule has 0 saturated carbocycles. The third kappa shape index (κ3) is 7.00. The Morgan fingerprint density at radius 2 is 2.50 bits per heavy atom. The molecule has 0 aromatic heterocycles. The fourth-order valence-electron chi connectivity index (χ4n) is 0.521. The van der Waals surface area contributed by atoms with Gasteiger partial charge in [0, 0.05) is 6.42 Å². The van der Waals surface area contributed by atoms with Gasteiger partial charge in [-0.2, -0.15) is 0 Å². The number of carboxylic acid groups (broad SMARTS) is 1. The van der Waals surface area contributed by atoms with Crippen LogP contribution in [0.15, 0.2) is 0 Å². The lowest BCUT2D eigenvalue weighted by molar-refractivity contribution is -0.137. The van der Waals surface area contributed by atoms with Crippen molar-refractivity contribution in [3.8, 4) is 0 Å². The summed E-state index contributed by atoms with van der Waals surface area (Å²) in [6.07, 6.45) is 2.35. The van der Waals surface area contributed by atoms with Crippen LogP contribution in [-0.4, -0.2) is 25.0 Å². The van der Waals surface area contributed by atoms with Crippen molar-refractivity contribution < 1.29 is 14.6 Å². The van der Waals surface area contributed by atoms with Crippen LogP contribution in [0.4, 0.5) is 0 Å². The maximum absolute atomic E-state index is 9.95. The van der Waals surface area contributed by atoms with E-state index in [2.05, 4.69) is 4.65 Å². The van der Waals surface area contributed by atoms with Gasteiger partial charge in [-0.05, 0) is 12.7 Å². The van der Waals surface area contributed by atoms with Crippen molar-refractivity contribution >= 4 is 19.9 Å². The molecule has 0 fully saturated rings. The summed E-state index contributed by atoms with van der Waals surface area (Å²) in [6, 6.07) is 0. The molecule has 0 aliphatic heterocycles. The first-order valence-electron chi connectivity index (χ1n) is 3.09. The minimum absolute atomic E-state index is 0.182. The molecule has 0 heterocycles. The Morgan fingerprint density at radius 1 is 1.80 bits per heavy atom. The van der Waals surface area contributed by atoms with E-state index in [1.54, 1.807) is 0 Å². The average molecular weight is 143 g/mol. The number of hydrogen-bond acceptors (Lipinski definition) is 3. The summed E-state index contributed by atoms with van der Waals surface area (Å²) in [4.78, 5) is 9.95. The number of rotatable bonds is 6. The number of aliphatic carboxylic acids is 1. The Kier molecular flexibility index (Phi) is 5.52. The molecule has 0 aromatic rings. The van der Waals surface area contributed by atoms with E-state index in [1.165, 1.54) is 0 Å². The summed E-state index contributed by atoms with van der Waals surface area (Å²) in [5.74, 6) is -0.783. The van der Waals surface area contributed by atoms with Crippen molar-refractivity contribution in [1.82, 2.24) is 0 Å². The number of carbonyl (C=O) groups is 1. The van der Waals surface area contributed by atoms with Gasteiger partial charge in [-0.3, -0.25) is 10.2 Å². The van der Waals surface area contributed by atoms with Crippen molar-refractivity contribution in [2.24, 2.45) is 0 Å². The zero-order valence-corrected chi connectivity index (χ0v) is 5.67. The highest BCUT2D eigenvalue weighted by Crippen LogP contribution is 1.94. The molecule has 0 rings (SSSR count). The third-order valence-electron chi connectivity index (χ3n) is 0.986. The summed E-state index contributed by atoms with van der Waals surface area (Å²) >= 11 is 0. The van der Waals surface area contributed by atoms with Gasteiger partial charge in [0.25, 0.3) is 0 Å². The van der Waals surface area contributed by atoms with Crippen molar-refractivity contribution in [2.45, 2.75) is 19.2 Å². The van der Waals surface area contributed by atoms with E-state index in [-0.39, 0.29) is 6.42 Å². The van der Waals surface area contributed by atoms with Crippen LogP contribution < -0.4 is 0 Å². The van der Waals surface area contributed by atoms with E-state index in [0.29, 0.717) is 20.2 Å². The molecule has 56 valence electrons. The van der Waals surface area contributed by atoms with Gasteiger partial charge in [0.05, 0.1) is 0 Å². The number of hydrogen-bond donors (Lipinski definition) is 2. The van der Waals surface area contributed by atoms with Gasteiger partial charge in [0.15, 0.2) is 0 Å². The van der Waals surface area contributed by atoms with Crippen molar-refractivity contribution in [1.29, 1.82) is 5.41 Å². The molecule has 2 N–H and O–H groups in total. The monoisotopic (exact) mass is 143 g/mol. The Balaban J connectivity index is 2.90. The molecule has 0 spiro atoms. The van der Waals surface area contributed by atoms with Gasteiger partial charge in [-0.1, -0.05) is 0 Å². The first kappa shape index (κ1) is 9.00. The second-order valence-corrected chi connectivity index (χ2v) is 1.84. The van der Waals surface area contributed by atoms with E-state index >= 15 is 0 Å². The Morgan fingerprint density at radius 3 is 3.00 bits per heavy atom. The highest BCUT2D eigenvalue weighted by Gasteiger charge is 1.96. The highest BCUT2D eigenvalue weighted by molar-refractivity contribution is 6.29. The van der Waals surface area contributed by atoms with Gasteiger partial charge in [0.1, 0.15) is 6.40 Å². The van der Waals surface area contributed by atoms with Gasteiger partial charge >= 0.3 is 13.5 Å². The van der Waals surface area contributed by atoms with Crippen LogP contribution in [0.25, 0.3) is 0 Å². The van der Waals surface area contributed by atoms with Gasteiger partial charge < -0.3 is 9.76 Å². The first-order chi connectivity index (χ1) is 4.77. The fourth-order valence-corrected chi connectivity index (χ4v) is 0.521. The maximum Gasteiger partial charge on any atom is 0.341 e. The SMILES string of the molecule is N=COBCCCC(=O)O. The minimum Gasteiger partial charge on any atom is -0.557 e. The van der Waals surface area contributed by atoms with Crippen LogP contribution in [0.2, 0.25) is 6.32 Å². The Labute approximate surface area is 60.0 Å². The van der Waals surface area contributed by atoms with Gasteiger partial charge in [0.2, 0.25) is 0 Å². The molecule has 0 aliphatic rings. The van der Waals surface area contributed by atoms with E-state index in [1.807, 2.05) is 0 Å². The number of carboxylic acids is 1. The second-order valence-electron chi connectivity index (χ2n) is 1.84. The van der Waals surface area contributed by atoms with Crippen molar-refractivity contribution in [3.63, 3.8) is 0 Å². The quantitative estimate of drug-likeness (QED) is 0.242. The smallest absolute Gasteiger partial charge is 0.341 e. The fraction of sp³-hybridized carbons (Fsp3) is 0.600. The molecular weight excluding hydrogens is 133 g/mol. The molecule has 10 heavy (non-hydrogen) atoms. The third-order valence-corrected chi connectivity index (χ3v) is 0.986. The van der Waals surface area contributed by atoms with Crippen LogP contribution in [0.5, 0.6) is 0 Å². The molecule has 0 saturated heterocycles. The molecule has 0 atom stereocenters. The van der Waals surface area contributed by atoms with E-state index in [9.17, 15) is 4.79 Å². The average Bonchev–Trinajstić information content (AvgIpc) is 1.87. The number of nitrogens with one attached hydrogen (secondary N) is 1. The zero-order valence-electron chi connectivity index (χ0n) is 5.67. The van der Waals surface area contributed by atoms with Crippen LogP contribution in [-0.2, 0) is 9.45 Å². The first-order valence-corrected chi connectivity index (χ1v) is 3.09. The predicted molar refractivity (Wildman–Crippen MR) is 38.7 cm³/mol. The lowest BCUT2D eigenvalue weighted by Crippen LogP contribution is -1.98. The summed E-state index contributed by atoms with van der Waals surface area (Å²) in [6.45, 7) is 0. The van der Waals surface area contributed by atoms with Crippen LogP contribution in [0.3, 0.4) is 0 Å². The minimum atomic E-state index is -0.783. The van der Waals surface area contributed by atoms with Gasteiger partial charge in [-0.15, -0.1) is 0 Å². The summed E-state index contributed by atoms with van der Waals surface area (Å²) in [7, 11) is 0.441. The standard InChI is InChI=1S/C5H10BNO3/c7-4-10-6-3-1-2-5(8)9/h4,6-7H,1-3H2,(H,8,9). The van der Waals surface area contributed by atoms with Crippen molar-refractivity contribution in [3.05, 3.63) is 0 Å². The molecule has 0 unspecified atom stereocenters. The normalized spacial score (nSPS) is 8.40. The Bertz CT molecular complexity index is 117. The van der Waals surface area contributed by atoms with Gasteiger partial charge in [-0.25, -0.2) is 0 Å². The predicted octanol–water partition coefficient (Wildman–Crippen LogP) is 0.245. The Hall–Kier alpha value is -0.995. The zero-order chi connectivity index (χ0) is 7.82. The maximum atomic E-state index is 9.95. The van der Waals surface area contributed by atoms with Crippen molar-refractivity contribution in [2.75, 3.05) is 0 Å². The van der Waals surface area contributed by atoms with Crippen LogP contribution >= 0.6 is 0 Å². The second kappa shape index (κ2) is 6.13. The van der Waals surface area contributed by atoms with Crippen LogP contribution in [0, 0.1) is 5.41 Å². The molecule has 0 amide bonds. The molecule has 0 aromatic carbocycles. The largest absolute Gasteiger partial charge is 0.557 e.